The fourth-order valence-electron chi connectivity index (χ4n) is 3.02. The summed E-state index contributed by atoms with van der Waals surface area (Å²) in [6.45, 7) is 4.28. The van der Waals surface area contributed by atoms with Crippen LogP contribution in [-0.2, 0) is 6.67 Å². The van der Waals surface area contributed by atoms with Crippen molar-refractivity contribution < 1.29 is 0 Å². The van der Waals surface area contributed by atoms with Gasteiger partial charge in [-0.25, -0.2) is 0 Å². The summed E-state index contributed by atoms with van der Waals surface area (Å²) in [6, 6.07) is 7.62. The van der Waals surface area contributed by atoms with Crippen LogP contribution in [0.2, 0.25) is 0 Å². The highest BCUT2D eigenvalue weighted by Gasteiger charge is 2.25. The van der Waals surface area contributed by atoms with Crippen LogP contribution >= 0.6 is 0 Å². The number of likely N-dealkylation sites (tertiary alicyclic amines) is 1. The van der Waals surface area contributed by atoms with Crippen molar-refractivity contribution in [3.8, 4) is 0 Å². The monoisotopic (exact) mass is 287 g/mol. The molecule has 21 heavy (non-hydrogen) atoms. The Morgan fingerprint density at radius 1 is 1.38 bits per heavy atom. The number of piperidine rings is 1. The Bertz CT molecular complexity index is 683. The molecule has 1 aromatic heterocycles. The highest BCUT2D eigenvalue weighted by Crippen LogP contribution is 2.21. The fraction of sp³-hybridized carbons (Fsp3) is 0.533. The summed E-state index contributed by atoms with van der Waals surface area (Å²) in [7, 11) is 0. The van der Waals surface area contributed by atoms with Gasteiger partial charge in [-0.05, 0) is 30.9 Å². The van der Waals surface area contributed by atoms with Crippen molar-refractivity contribution in [2.24, 2.45) is 11.7 Å². The van der Waals surface area contributed by atoms with Gasteiger partial charge in [0, 0.05) is 19.1 Å². The summed E-state index contributed by atoms with van der Waals surface area (Å²) in [5, 5.41) is 8.80. The molecule has 0 radical (unpaired) electrons. The Balaban J connectivity index is 1.88. The molecular formula is C15H21N5O. The molecule has 0 saturated carbocycles. The number of nitrogens with zero attached hydrogens (tertiary/aromatic N) is 4. The van der Waals surface area contributed by atoms with Crippen LogP contribution in [0.3, 0.4) is 0 Å². The molecule has 1 aliphatic heterocycles. The zero-order chi connectivity index (χ0) is 14.8. The van der Waals surface area contributed by atoms with E-state index in [-0.39, 0.29) is 5.56 Å². The van der Waals surface area contributed by atoms with E-state index in [1.165, 1.54) is 4.68 Å². The van der Waals surface area contributed by atoms with E-state index in [0.29, 0.717) is 36.1 Å². The molecule has 0 bridgehead atoms. The third-order valence-electron chi connectivity index (χ3n) is 4.32. The summed E-state index contributed by atoms with van der Waals surface area (Å²) in [4.78, 5) is 14.7. The van der Waals surface area contributed by atoms with Crippen LogP contribution in [0.5, 0.6) is 0 Å². The normalized spacial score (nSPS) is 23.5. The van der Waals surface area contributed by atoms with Gasteiger partial charge in [-0.3, -0.25) is 9.69 Å². The van der Waals surface area contributed by atoms with E-state index in [1.54, 1.807) is 12.1 Å². The van der Waals surface area contributed by atoms with Crippen molar-refractivity contribution in [1.82, 2.24) is 19.9 Å². The van der Waals surface area contributed by atoms with Crippen LogP contribution in [0.1, 0.15) is 19.8 Å². The molecule has 0 amide bonds. The number of nitrogens with two attached hydrogens (primary N) is 1. The maximum absolute atomic E-state index is 12.5. The molecule has 112 valence electrons. The van der Waals surface area contributed by atoms with E-state index < -0.39 is 0 Å². The van der Waals surface area contributed by atoms with Crippen molar-refractivity contribution >= 4 is 10.9 Å². The van der Waals surface area contributed by atoms with Crippen LogP contribution < -0.4 is 11.3 Å². The van der Waals surface area contributed by atoms with Gasteiger partial charge in [-0.1, -0.05) is 24.3 Å². The summed E-state index contributed by atoms with van der Waals surface area (Å²) in [5.41, 5.74) is 6.43. The van der Waals surface area contributed by atoms with E-state index in [1.807, 2.05) is 12.1 Å². The number of hydrogen-bond donors (Lipinski definition) is 1. The van der Waals surface area contributed by atoms with Crippen LogP contribution in [0.25, 0.3) is 10.9 Å². The number of benzene rings is 1. The molecule has 6 nitrogen and oxygen atoms in total. The van der Waals surface area contributed by atoms with Crippen molar-refractivity contribution in [3.05, 3.63) is 34.6 Å². The van der Waals surface area contributed by atoms with Gasteiger partial charge in [-0.15, -0.1) is 5.10 Å². The van der Waals surface area contributed by atoms with E-state index in [0.717, 1.165) is 19.4 Å². The SMILES string of the molecule is CC1CCN(Cn2nnc3ccccc3c2=O)C(CN)C1. The Morgan fingerprint density at radius 3 is 3.00 bits per heavy atom. The zero-order valence-electron chi connectivity index (χ0n) is 12.3. The molecule has 0 aliphatic carbocycles. The summed E-state index contributed by atoms with van der Waals surface area (Å²) >= 11 is 0. The van der Waals surface area contributed by atoms with Crippen molar-refractivity contribution in [3.63, 3.8) is 0 Å². The molecule has 1 saturated heterocycles. The van der Waals surface area contributed by atoms with Gasteiger partial charge in [0.25, 0.3) is 5.56 Å². The lowest BCUT2D eigenvalue weighted by Gasteiger charge is -2.37. The van der Waals surface area contributed by atoms with Crippen LogP contribution in [0.15, 0.2) is 29.1 Å². The predicted molar refractivity (Wildman–Crippen MR) is 81.7 cm³/mol. The average Bonchev–Trinajstić information content (AvgIpc) is 2.51. The molecule has 1 aromatic carbocycles. The molecule has 1 aliphatic rings. The maximum Gasteiger partial charge on any atom is 0.278 e. The first-order valence-corrected chi connectivity index (χ1v) is 7.45. The van der Waals surface area contributed by atoms with Gasteiger partial charge in [-0.2, -0.15) is 4.68 Å². The molecule has 1 fully saturated rings. The quantitative estimate of drug-likeness (QED) is 0.904. The number of fused-ring (bicyclic) bond motifs is 1. The summed E-state index contributed by atoms with van der Waals surface area (Å²) < 4.78 is 1.45. The largest absolute Gasteiger partial charge is 0.329 e. The van der Waals surface area contributed by atoms with Crippen LogP contribution in [0, 0.1) is 5.92 Å². The predicted octanol–water partition coefficient (Wildman–Crippen LogP) is 0.808. The van der Waals surface area contributed by atoms with Crippen molar-refractivity contribution in [1.29, 1.82) is 0 Å². The lowest BCUT2D eigenvalue weighted by atomic mass is 9.93. The van der Waals surface area contributed by atoms with E-state index >= 15 is 0 Å². The second kappa shape index (κ2) is 5.91. The molecule has 2 aromatic rings. The highest BCUT2D eigenvalue weighted by molar-refractivity contribution is 5.76. The Kier molecular flexibility index (Phi) is 3.98. The smallest absolute Gasteiger partial charge is 0.278 e. The van der Waals surface area contributed by atoms with Gasteiger partial charge in [0.15, 0.2) is 0 Å². The van der Waals surface area contributed by atoms with E-state index in [9.17, 15) is 4.79 Å². The maximum atomic E-state index is 12.5. The van der Waals surface area contributed by atoms with E-state index in [2.05, 4.69) is 22.1 Å². The summed E-state index contributed by atoms with van der Waals surface area (Å²) in [6.07, 6.45) is 2.21. The minimum absolute atomic E-state index is 0.0880. The Hall–Kier alpha value is -1.79. The van der Waals surface area contributed by atoms with Crippen molar-refractivity contribution in [2.45, 2.75) is 32.5 Å². The fourth-order valence-corrected chi connectivity index (χ4v) is 3.02. The average molecular weight is 287 g/mol. The minimum Gasteiger partial charge on any atom is -0.329 e. The molecular weight excluding hydrogens is 266 g/mol. The first-order chi connectivity index (χ1) is 10.2. The molecule has 6 heteroatoms. The molecule has 2 heterocycles. The second-order valence-corrected chi connectivity index (χ2v) is 5.88. The molecule has 2 N–H and O–H groups in total. The molecule has 0 spiro atoms. The van der Waals surface area contributed by atoms with Gasteiger partial charge < -0.3 is 5.73 Å². The number of hydrogen-bond acceptors (Lipinski definition) is 5. The van der Waals surface area contributed by atoms with Crippen LogP contribution in [0.4, 0.5) is 0 Å². The van der Waals surface area contributed by atoms with Gasteiger partial charge in [0.05, 0.1) is 12.1 Å². The molecule has 2 unspecified atom stereocenters. The first kappa shape index (κ1) is 14.2. The third-order valence-corrected chi connectivity index (χ3v) is 4.32. The third kappa shape index (κ3) is 2.82. The minimum atomic E-state index is -0.0880. The van der Waals surface area contributed by atoms with Gasteiger partial charge in [0.1, 0.15) is 5.52 Å². The lowest BCUT2D eigenvalue weighted by molar-refractivity contribution is 0.0817. The zero-order valence-corrected chi connectivity index (χ0v) is 12.3. The summed E-state index contributed by atoms with van der Waals surface area (Å²) in [5.74, 6) is 0.689. The van der Waals surface area contributed by atoms with Crippen molar-refractivity contribution in [2.75, 3.05) is 13.1 Å². The Labute approximate surface area is 123 Å². The molecule has 3 rings (SSSR count). The topological polar surface area (TPSA) is 77.0 Å². The Morgan fingerprint density at radius 2 is 2.19 bits per heavy atom. The van der Waals surface area contributed by atoms with Gasteiger partial charge >= 0.3 is 0 Å². The second-order valence-electron chi connectivity index (χ2n) is 5.88. The number of aromatic nitrogens is 3. The standard InChI is InChI=1S/C15H21N5O/c1-11-6-7-19(12(8-11)9-16)10-20-15(21)13-4-2-3-5-14(13)17-18-20/h2-5,11-12H,6-10,16H2,1H3. The number of rotatable bonds is 3. The van der Waals surface area contributed by atoms with E-state index in [4.69, 9.17) is 5.73 Å². The molecule has 2 atom stereocenters. The van der Waals surface area contributed by atoms with Crippen LogP contribution in [-0.4, -0.2) is 39.0 Å². The highest BCUT2D eigenvalue weighted by atomic mass is 16.1. The lowest BCUT2D eigenvalue weighted by Crippen LogP contribution is -2.48. The first-order valence-electron chi connectivity index (χ1n) is 7.45. The van der Waals surface area contributed by atoms with Gasteiger partial charge in [0.2, 0.25) is 0 Å².